The normalized spacial score (nSPS) is 10.7. The zero-order valence-corrected chi connectivity index (χ0v) is 18.7. The molecule has 0 atom stereocenters. The van der Waals surface area contributed by atoms with Gasteiger partial charge in [0.15, 0.2) is 0 Å². The van der Waals surface area contributed by atoms with E-state index in [4.69, 9.17) is 16.3 Å². The Bertz CT molecular complexity index is 1050. The minimum absolute atomic E-state index is 0.0449. The summed E-state index contributed by atoms with van der Waals surface area (Å²) in [5.74, 6) is 0.465. The van der Waals surface area contributed by atoms with E-state index < -0.39 is 4.92 Å². The van der Waals surface area contributed by atoms with Gasteiger partial charge in [-0.15, -0.1) is 0 Å². The number of rotatable bonds is 10. The van der Waals surface area contributed by atoms with Crippen LogP contribution >= 0.6 is 27.5 Å². The number of ether oxygens (including phenoxy) is 1. The maximum absolute atomic E-state index is 13.0. The van der Waals surface area contributed by atoms with E-state index in [2.05, 4.69) is 26.6 Å². The molecule has 6 nitrogen and oxygen atoms in total. The van der Waals surface area contributed by atoms with Crippen LogP contribution in [-0.2, 0) is 13.2 Å². The standard InChI is InChI=1S/C22H20BrClFN3O3/c23-17-3-8-22(31-14-15-1-4-18(25)5-2-15)16(11-17)13-26-9-10-27-21-7-6-19(28(29)30)12-20(21)24/h1-8,11-12,26-27H,9-10,13-14H2. The molecule has 3 rings (SSSR count). The van der Waals surface area contributed by atoms with E-state index in [1.54, 1.807) is 18.2 Å². The van der Waals surface area contributed by atoms with Gasteiger partial charge in [-0.05, 0) is 42.0 Å². The summed E-state index contributed by atoms with van der Waals surface area (Å²) < 4.78 is 19.9. The molecular weight excluding hydrogens is 489 g/mol. The molecule has 0 aliphatic carbocycles. The fourth-order valence-electron chi connectivity index (χ4n) is 2.84. The van der Waals surface area contributed by atoms with Gasteiger partial charge in [-0.25, -0.2) is 4.39 Å². The lowest BCUT2D eigenvalue weighted by molar-refractivity contribution is -0.384. The van der Waals surface area contributed by atoms with Crippen molar-refractivity contribution in [2.45, 2.75) is 13.2 Å². The average Bonchev–Trinajstić information content (AvgIpc) is 2.75. The fraction of sp³-hybridized carbons (Fsp3) is 0.182. The van der Waals surface area contributed by atoms with Crippen molar-refractivity contribution in [1.29, 1.82) is 0 Å². The first-order valence-corrected chi connectivity index (χ1v) is 10.6. The third kappa shape index (κ3) is 6.92. The summed E-state index contributed by atoms with van der Waals surface area (Å²) in [6.07, 6.45) is 0. The van der Waals surface area contributed by atoms with E-state index >= 15 is 0 Å². The van der Waals surface area contributed by atoms with E-state index in [0.717, 1.165) is 21.3 Å². The van der Waals surface area contributed by atoms with Crippen LogP contribution in [0.4, 0.5) is 15.8 Å². The topological polar surface area (TPSA) is 76.4 Å². The molecule has 0 amide bonds. The molecule has 31 heavy (non-hydrogen) atoms. The third-order valence-electron chi connectivity index (χ3n) is 4.43. The monoisotopic (exact) mass is 507 g/mol. The molecule has 162 valence electrons. The Morgan fingerprint density at radius 2 is 1.84 bits per heavy atom. The van der Waals surface area contributed by atoms with Crippen LogP contribution in [0.1, 0.15) is 11.1 Å². The summed E-state index contributed by atoms with van der Waals surface area (Å²) in [4.78, 5) is 10.3. The van der Waals surface area contributed by atoms with E-state index in [-0.39, 0.29) is 11.5 Å². The highest BCUT2D eigenvalue weighted by Gasteiger charge is 2.09. The molecule has 0 unspecified atom stereocenters. The number of non-ortho nitro benzene ring substituents is 1. The number of halogens is 3. The van der Waals surface area contributed by atoms with Crippen LogP contribution in [0.15, 0.2) is 65.1 Å². The van der Waals surface area contributed by atoms with Crippen molar-refractivity contribution < 1.29 is 14.1 Å². The molecule has 2 N–H and O–H groups in total. The lowest BCUT2D eigenvalue weighted by atomic mass is 10.2. The van der Waals surface area contributed by atoms with Gasteiger partial charge in [0, 0.05) is 41.8 Å². The van der Waals surface area contributed by atoms with Crippen LogP contribution < -0.4 is 15.4 Å². The SMILES string of the molecule is O=[N+]([O-])c1ccc(NCCNCc2cc(Br)ccc2OCc2ccc(F)cc2)c(Cl)c1. The molecule has 0 saturated carbocycles. The van der Waals surface area contributed by atoms with Crippen molar-refractivity contribution in [2.75, 3.05) is 18.4 Å². The first-order chi connectivity index (χ1) is 14.9. The average molecular weight is 509 g/mol. The Morgan fingerprint density at radius 3 is 2.55 bits per heavy atom. The van der Waals surface area contributed by atoms with Gasteiger partial charge in [0.2, 0.25) is 0 Å². The van der Waals surface area contributed by atoms with Crippen molar-refractivity contribution in [3.8, 4) is 5.75 Å². The molecular formula is C22H20BrClFN3O3. The van der Waals surface area contributed by atoms with Gasteiger partial charge in [-0.1, -0.05) is 39.7 Å². The molecule has 9 heteroatoms. The number of nitrogens with zero attached hydrogens (tertiary/aromatic N) is 1. The van der Waals surface area contributed by atoms with Gasteiger partial charge in [0.05, 0.1) is 15.6 Å². The molecule has 0 radical (unpaired) electrons. The van der Waals surface area contributed by atoms with Crippen molar-refractivity contribution in [1.82, 2.24) is 5.32 Å². The number of benzene rings is 3. The Kier molecular flexibility index (Phi) is 8.22. The highest BCUT2D eigenvalue weighted by atomic mass is 79.9. The predicted octanol–water partition coefficient (Wildman–Crippen LogP) is 5.93. The number of anilines is 1. The molecule has 0 aromatic heterocycles. The number of nitro benzene ring substituents is 1. The quantitative estimate of drug-likeness (QED) is 0.202. The molecule has 0 aliphatic heterocycles. The van der Waals surface area contributed by atoms with Gasteiger partial charge in [-0.3, -0.25) is 10.1 Å². The highest BCUT2D eigenvalue weighted by Crippen LogP contribution is 2.26. The first-order valence-electron chi connectivity index (χ1n) is 9.46. The molecule has 0 spiro atoms. The van der Waals surface area contributed by atoms with Gasteiger partial charge in [0.25, 0.3) is 5.69 Å². The molecule has 3 aromatic carbocycles. The largest absolute Gasteiger partial charge is 0.489 e. The number of nitrogens with one attached hydrogen (secondary N) is 2. The van der Waals surface area contributed by atoms with Crippen LogP contribution in [0.2, 0.25) is 5.02 Å². The van der Waals surface area contributed by atoms with E-state index in [1.165, 1.54) is 24.3 Å². The second-order valence-electron chi connectivity index (χ2n) is 6.69. The molecule has 0 aliphatic rings. The van der Waals surface area contributed by atoms with Gasteiger partial charge < -0.3 is 15.4 Å². The van der Waals surface area contributed by atoms with Crippen LogP contribution in [0.25, 0.3) is 0 Å². The second kappa shape index (κ2) is 11.1. The Morgan fingerprint density at radius 1 is 1.06 bits per heavy atom. The fourth-order valence-corrected chi connectivity index (χ4v) is 3.49. The van der Waals surface area contributed by atoms with Crippen LogP contribution in [0.5, 0.6) is 5.75 Å². The summed E-state index contributed by atoms with van der Waals surface area (Å²) >= 11 is 9.56. The lowest BCUT2D eigenvalue weighted by Gasteiger charge is -2.14. The van der Waals surface area contributed by atoms with E-state index in [0.29, 0.717) is 37.0 Å². The molecule has 0 bridgehead atoms. The lowest BCUT2D eigenvalue weighted by Crippen LogP contribution is -2.22. The summed E-state index contributed by atoms with van der Waals surface area (Å²) in [6.45, 7) is 2.14. The second-order valence-corrected chi connectivity index (χ2v) is 8.01. The van der Waals surface area contributed by atoms with Crippen molar-refractivity contribution in [2.24, 2.45) is 0 Å². The summed E-state index contributed by atoms with van der Waals surface area (Å²) in [7, 11) is 0. The minimum atomic E-state index is -0.481. The molecule has 3 aromatic rings. The highest BCUT2D eigenvalue weighted by molar-refractivity contribution is 9.10. The summed E-state index contributed by atoms with van der Waals surface area (Å²) in [6, 6.07) is 16.3. The van der Waals surface area contributed by atoms with Crippen LogP contribution in [0, 0.1) is 15.9 Å². The smallest absolute Gasteiger partial charge is 0.271 e. The van der Waals surface area contributed by atoms with E-state index in [9.17, 15) is 14.5 Å². The van der Waals surface area contributed by atoms with E-state index in [1.807, 2.05) is 18.2 Å². The Labute approximate surface area is 192 Å². The maximum atomic E-state index is 13.0. The maximum Gasteiger partial charge on any atom is 0.271 e. The Balaban J connectivity index is 1.50. The van der Waals surface area contributed by atoms with Gasteiger partial charge >= 0.3 is 0 Å². The number of hydrogen-bond donors (Lipinski definition) is 2. The summed E-state index contributed by atoms with van der Waals surface area (Å²) in [5, 5.41) is 17.6. The minimum Gasteiger partial charge on any atom is -0.489 e. The van der Waals surface area contributed by atoms with Gasteiger partial charge in [0.1, 0.15) is 18.2 Å². The first kappa shape index (κ1) is 23.0. The van der Waals surface area contributed by atoms with Crippen molar-refractivity contribution >= 4 is 38.9 Å². The third-order valence-corrected chi connectivity index (χ3v) is 5.23. The number of nitro groups is 1. The van der Waals surface area contributed by atoms with Gasteiger partial charge in [-0.2, -0.15) is 0 Å². The Hall–Kier alpha value is -2.68. The van der Waals surface area contributed by atoms with Crippen LogP contribution in [0.3, 0.4) is 0 Å². The molecule has 0 heterocycles. The zero-order valence-electron chi connectivity index (χ0n) is 16.4. The molecule has 0 fully saturated rings. The summed E-state index contributed by atoms with van der Waals surface area (Å²) in [5.41, 5.74) is 2.45. The zero-order chi connectivity index (χ0) is 22.2. The van der Waals surface area contributed by atoms with Crippen LogP contribution in [-0.4, -0.2) is 18.0 Å². The predicted molar refractivity (Wildman–Crippen MR) is 123 cm³/mol. The van der Waals surface area contributed by atoms with Crippen molar-refractivity contribution in [3.05, 3.63) is 97.2 Å². The van der Waals surface area contributed by atoms with Crippen molar-refractivity contribution in [3.63, 3.8) is 0 Å². The number of hydrogen-bond acceptors (Lipinski definition) is 5. The molecule has 0 saturated heterocycles.